The molecule has 3 nitrogen and oxygen atoms in total. The molecule has 2 rings (SSSR count). The lowest BCUT2D eigenvalue weighted by molar-refractivity contribution is -0.130. The fraction of sp³-hybridized carbons (Fsp3) is 0.312. The molecule has 1 aliphatic heterocycles. The summed E-state index contributed by atoms with van der Waals surface area (Å²) >= 11 is 0. The van der Waals surface area contributed by atoms with Crippen LogP contribution in [0.2, 0.25) is 0 Å². The number of para-hydroxylation sites is 1. The van der Waals surface area contributed by atoms with E-state index in [1.807, 2.05) is 12.1 Å². The first-order chi connectivity index (χ1) is 9.26. The number of rotatable bonds is 6. The third-order valence-corrected chi connectivity index (χ3v) is 3.41. The van der Waals surface area contributed by atoms with Crippen LogP contribution in [-0.4, -0.2) is 30.4 Å². The number of fused-ring (bicyclic) bond motifs is 1. The first-order valence-electron chi connectivity index (χ1n) is 6.58. The van der Waals surface area contributed by atoms with Crippen molar-refractivity contribution in [1.29, 1.82) is 0 Å². The fourth-order valence-electron chi connectivity index (χ4n) is 2.47. The number of amides is 1. The summed E-state index contributed by atoms with van der Waals surface area (Å²) in [4.78, 5) is 14.1. The highest BCUT2D eigenvalue weighted by atomic mass is 16.2. The lowest BCUT2D eigenvalue weighted by Gasteiger charge is -2.21. The van der Waals surface area contributed by atoms with E-state index in [-0.39, 0.29) is 11.8 Å². The van der Waals surface area contributed by atoms with E-state index in [1.165, 1.54) is 5.56 Å². The van der Waals surface area contributed by atoms with Gasteiger partial charge in [-0.1, -0.05) is 30.4 Å². The minimum Gasteiger partial charge on any atom is -0.384 e. The predicted molar refractivity (Wildman–Crippen MR) is 79.3 cm³/mol. The maximum absolute atomic E-state index is 12.3. The van der Waals surface area contributed by atoms with Crippen LogP contribution in [0.5, 0.6) is 0 Å². The van der Waals surface area contributed by atoms with Crippen molar-refractivity contribution in [3.8, 4) is 0 Å². The molecule has 0 fully saturated rings. The predicted octanol–water partition coefficient (Wildman–Crippen LogP) is 2.79. The van der Waals surface area contributed by atoms with Crippen molar-refractivity contribution in [2.24, 2.45) is 0 Å². The van der Waals surface area contributed by atoms with E-state index in [4.69, 9.17) is 0 Å². The molecule has 0 aliphatic carbocycles. The monoisotopic (exact) mass is 256 g/mol. The summed E-state index contributed by atoms with van der Waals surface area (Å²) in [6.45, 7) is 9.37. The third-order valence-electron chi connectivity index (χ3n) is 3.41. The minimum atomic E-state index is 0.156. The van der Waals surface area contributed by atoms with Gasteiger partial charge >= 0.3 is 0 Å². The Morgan fingerprint density at radius 1 is 1.32 bits per heavy atom. The van der Waals surface area contributed by atoms with Crippen molar-refractivity contribution in [1.82, 2.24) is 4.90 Å². The summed E-state index contributed by atoms with van der Waals surface area (Å²) in [7, 11) is 0. The number of carbonyl (C=O) groups excluding carboxylic acids is 1. The average Bonchev–Trinajstić information content (AvgIpc) is 2.82. The number of nitrogens with zero attached hydrogens (tertiary/aromatic N) is 1. The molecule has 1 amide bonds. The molecule has 0 spiro atoms. The zero-order chi connectivity index (χ0) is 13.7. The number of anilines is 1. The minimum absolute atomic E-state index is 0.156. The molecule has 0 saturated carbocycles. The Bertz CT molecular complexity index is 471. The summed E-state index contributed by atoms with van der Waals surface area (Å²) in [5, 5.41) is 3.35. The molecule has 0 aromatic heterocycles. The third kappa shape index (κ3) is 3.05. The highest BCUT2D eigenvalue weighted by Crippen LogP contribution is 2.33. The van der Waals surface area contributed by atoms with Crippen molar-refractivity contribution in [2.45, 2.75) is 12.3 Å². The first kappa shape index (κ1) is 13.4. The van der Waals surface area contributed by atoms with Gasteiger partial charge in [-0.3, -0.25) is 4.79 Å². The van der Waals surface area contributed by atoms with Gasteiger partial charge in [-0.05, 0) is 11.6 Å². The Labute approximate surface area is 114 Å². The van der Waals surface area contributed by atoms with E-state index in [9.17, 15) is 4.79 Å². The van der Waals surface area contributed by atoms with E-state index in [2.05, 4.69) is 30.6 Å². The highest BCUT2D eigenvalue weighted by Gasteiger charge is 2.25. The maximum atomic E-state index is 12.3. The van der Waals surface area contributed by atoms with Crippen LogP contribution < -0.4 is 5.32 Å². The standard InChI is InChI=1S/C16H20N2O/c1-3-9-18(10-4-2)16(19)11-13-12-17-15-8-6-5-7-14(13)15/h3-8,13,17H,1-2,9-12H2. The lowest BCUT2D eigenvalue weighted by atomic mass is 9.97. The van der Waals surface area contributed by atoms with E-state index in [0.29, 0.717) is 19.5 Å². The van der Waals surface area contributed by atoms with Gasteiger partial charge in [-0.25, -0.2) is 0 Å². The first-order valence-corrected chi connectivity index (χ1v) is 6.58. The molecule has 3 heteroatoms. The normalized spacial score (nSPS) is 16.3. The van der Waals surface area contributed by atoms with Gasteiger partial charge in [0.2, 0.25) is 5.91 Å². The van der Waals surface area contributed by atoms with Crippen molar-refractivity contribution < 1.29 is 4.79 Å². The van der Waals surface area contributed by atoms with E-state index >= 15 is 0 Å². The molecule has 100 valence electrons. The van der Waals surface area contributed by atoms with E-state index in [0.717, 1.165) is 12.2 Å². The Morgan fingerprint density at radius 3 is 2.68 bits per heavy atom. The van der Waals surface area contributed by atoms with Gasteiger partial charge in [0.05, 0.1) is 0 Å². The number of hydrogen-bond acceptors (Lipinski definition) is 2. The van der Waals surface area contributed by atoms with Crippen molar-refractivity contribution in [2.75, 3.05) is 25.0 Å². The molecule has 0 saturated heterocycles. The molecule has 1 N–H and O–H groups in total. The molecule has 1 unspecified atom stereocenters. The molecular weight excluding hydrogens is 236 g/mol. The molecule has 1 aromatic carbocycles. The summed E-state index contributed by atoms with van der Waals surface area (Å²) in [6.07, 6.45) is 4.04. The average molecular weight is 256 g/mol. The van der Waals surface area contributed by atoms with Crippen LogP contribution in [0.15, 0.2) is 49.6 Å². The second-order valence-electron chi connectivity index (χ2n) is 4.75. The molecule has 0 bridgehead atoms. The molecule has 1 atom stereocenters. The maximum Gasteiger partial charge on any atom is 0.223 e. The van der Waals surface area contributed by atoms with Gasteiger partial charge in [0.25, 0.3) is 0 Å². The Balaban J connectivity index is 2.03. The number of hydrogen-bond donors (Lipinski definition) is 1. The quantitative estimate of drug-likeness (QED) is 0.794. The van der Waals surface area contributed by atoms with Gasteiger partial charge in [0.15, 0.2) is 0 Å². The molecular formula is C16H20N2O. The van der Waals surface area contributed by atoms with Gasteiger partial charge in [0, 0.05) is 37.7 Å². The second-order valence-corrected chi connectivity index (χ2v) is 4.75. The molecule has 0 radical (unpaired) electrons. The van der Waals surface area contributed by atoms with Crippen LogP contribution >= 0.6 is 0 Å². The van der Waals surface area contributed by atoms with E-state index < -0.39 is 0 Å². The smallest absolute Gasteiger partial charge is 0.223 e. The van der Waals surface area contributed by atoms with Crippen LogP contribution in [0.3, 0.4) is 0 Å². The summed E-state index contributed by atoms with van der Waals surface area (Å²) < 4.78 is 0. The Kier molecular flexibility index (Phi) is 4.39. The van der Waals surface area contributed by atoms with Crippen molar-refractivity contribution in [3.63, 3.8) is 0 Å². The molecule has 1 heterocycles. The largest absolute Gasteiger partial charge is 0.384 e. The summed E-state index contributed by atoms with van der Waals surface area (Å²) in [5.74, 6) is 0.420. The van der Waals surface area contributed by atoms with Gasteiger partial charge in [0.1, 0.15) is 0 Å². The highest BCUT2D eigenvalue weighted by molar-refractivity contribution is 5.78. The van der Waals surface area contributed by atoms with Crippen LogP contribution in [-0.2, 0) is 4.79 Å². The second kappa shape index (κ2) is 6.23. The van der Waals surface area contributed by atoms with Crippen molar-refractivity contribution >= 4 is 11.6 Å². The molecule has 1 aliphatic rings. The SMILES string of the molecule is C=CCN(CC=C)C(=O)CC1CNc2ccccc21. The van der Waals surface area contributed by atoms with Crippen LogP contribution in [0, 0.1) is 0 Å². The topological polar surface area (TPSA) is 32.3 Å². The van der Waals surface area contributed by atoms with Crippen LogP contribution in [0.25, 0.3) is 0 Å². The van der Waals surface area contributed by atoms with Gasteiger partial charge in [-0.2, -0.15) is 0 Å². The molecule has 1 aromatic rings. The number of nitrogens with one attached hydrogen (secondary N) is 1. The van der Waals surface area contributed by atoms with Crippen LogP contribution in [0.4, 0.5) is 5.69 Å². The fourth-order valence-corrected chi connectivity index (χ4v) is 2.47. The Morgan fingerprint density at radius 2 is 2.00 bits per heavy atom. The van der Waals surface area contributed by atoms with Crippen molar-refractivity contribution in [3.05, 3.63) is 55.1 Å². The van der Waals surface area contributed by atoms with Gasteiger partial charge in [-0.15, -0.1) is 13.2 Å². The zero-order valence-corrected chi connectivity index (χ0v) is 11.1. The zero-order valence-electron chi connectivity index (χ0n) is 11.1. The van der Waals surface area contributed by atoms with Gasteiger partial charge < -0.3 is 10.2 Å². The Hall–Kier alpha value is -2.03. The molecule has 19 heavy (non-hydrogen) atoms. The number of carbonyl (C=O) groups is 1. The summed E-state index contributed by atoms with van der Waals surface area (Å²) in [6, 6.07) is 8.19. The van der Waals surface area contributed by atoms with E-state index in [1.54, 1.807) is 17.1 Å². The summed E-state index contributed by atoms with van der Waals surface area (Å²) in [5.41, 5.74) is 2.40. The van der Waals surface area contributed by atoms with Crippen LogP contribution in [0.1, 0.15) is 17.9 Å². The lowest BCUT2D eigenvalue weighted by Crippen LogP contribution is -2.32. The number of benzene rings is 1.